The lowest BCUT2D eigenvalue weighted by molar-refractivity contribution is 0.101. The molecule has 0 N–H and O–H groups in total. The Kier molecular flexibility index (Phi) is 8.27. The van der Waals surface area contributed by atoms with Gasteiger partial charge in [0.25, 0.3) is 0 Å². The molecule has 1 saturated heterocycles. The molecular weight excluding hydrogens is 442 g/mol. The Hall–Kier alpha value is -3.37. The number of piperidine rings is 1. The maximum absolute atomic E-state index is 11.6. The van der Waals surface area contributed by atoms with Gasteiger partial charge in [0.1, 0.15) is 0 Å². The third kappa shape index (κ3) is 6.06. The van der Waals surface area contributed by atoms with Gasteiger partial charge in [-0.2, -0.15) is 0 Å². The first-order chi connectivity index (χ1) is 17.4. The molecule has 186 valence electrons. The standard InChI is InChI=1S/C32H37N3O/c1-22(21-35-16-13-28(14-17-35)27-10-8-26(9-11-27)25(4)36)18-32-24(3)34-15-12-31(32)29-7-6-23(2)30(19-29)20-33-5/h6-12,15,18-20,28H,13-14,16-17,21H2,1-5H3/b22-18+,33-20?. The van der Waals surface area contributed by atoms with E-state index in [4.69, 9.17) is 0 Å². The second-order valence-corrected chi connectivity index (χ2v) is 10.0. The zero-order valence-electron chi connectivity index (χ0n) is 22.2. The monoisotopic (exact) mass is 479 g/mol. The number of ketones is 1. The summed E-state index contributed by atoms with van der Waals surface area (Å²) in [6, 6.07) is 16.9. The number of rotatable bonds is 7. The van der Waals surface area contributed by atoms with E-state index < -0.39 is 0 Å². The molecule has 1 fully saturated rings. The first kappa shape index (κ1) is 25.7. The number of carbonyl (C=O) groups is 1. The van der Waals surface area contributed by atoms with Crippen molar-refractivity contribution in [3.63, 3.8) is 0 Å². The van der Waals surface area contributed by atoms with Crippen LogP contribution in [0.5, 0.6) is 0 Å². The highest BCUT2D eigenvalue weighted by Gasteiger charge is 2.21. The molecule has 4 rings (SSSR count). The highest BCUT2D eigenvalue weighted by molar-refractivity contribution is 5.94. The Morgan fingerprint density at radius 2 is 1.78 bits per heavy atom. The van der Waals surface area contributed by atoms with Crippen LogP contribution in [0.2, 0.25) is 0 Å². The van der Waals surface area contributed by atoms with Gasteiger partial charge in [-0.25, -0.2) is 0 Å². The van der Waals surface area contributed by atoms with Gasteiger partial charge in [0.2, 0.25) is 0 Å². The quantitative estimate of drug-likeness (QED) is 0.273. The van der Waals surface area contributed by atoms with Gasteiger partial charge in [0, 0.05) is 42.8 Å². The van der Waals surface area contributed by atoms with Crippen LogP contribution in [0.3, 0.4) is 0 Å². The number of carbonyl (C=O) groups excluding carboxylic acids is 1. The van der Waals surface area contributed by atoms with Crippen molar-refractivity contribution < 1.29 is 4.79 Å². The smallest absolute Gasteiger partial charge is 0.159 e. The molecule has 2 heterocycles. The number of likely N-dealkylation sites (tertiary alicyclic amines) is 1. The predicted octanol–water partition coefficient (Wildman–Crippen LogP) is 6.90. The summed E-state index contributed by atoms with van der Waals surface area (Å²) in [4.78, 5) is 22.9. The summed E-state index contributed by atoms with van der Waals surface area (Å²) >= 11 is 0. The van der Waals surface area contributed by atoms with Crippen LogP contribution in [0.15, 0.2) is 65.3 Å². The van der Waals surface area contributed by atoms with Gasteiger partial charge in [-0.1, -0.05) is 48.0 Å². The summed E-state index contributed by atoms with van der Waals surface area (Å²) < 4.78 is 0. The average Bonchev–Trinajstić information content (AvgIpc) is 2.87. The lowest BCUT2D eigenvalue weighted by Crippen LogP contribution is -2.34. The van der Waals surface area contributed by atoms with Crippen LogP contribution in [0, 0.1) is 13.8 Å². The molecule has 4 nitrogen and oxygen atoms in total. The van der Waals surface area contributed by atoms with Crippen molar-refractivity contribution in [2.75, 3.05) is 26.7 Å². The summed E-state index contributed by atoms with van der Waals surface area (Å²) in [5, 5.41) is 0. The molecule has 0 unspecified atom stereocenters. The average molecular weight is 480 g/mol. The fraction of sp³-hybridized carbons (Fsp3) is 0.344. The maximum atomic E-state index is 11.6. The minimum Gasteiger partial charge on any atom is -0.299 e. The van der Waals surface area contributed by atoms with Gasteiger partial charge in [0.05, 0.1) is 0 Å². The molecule has 1 aromatic heterocycles. The number of hydrogen-bond acceptors (Lipinski definition) is 4. The molecule has 4 heteroatoms. The van der Waals surface area contributed by atoms with Crippen LogP contribution in [-0.4, -0.2) is 48.6 Å². The molecule has 36 heavy (non-hydrogen) atoms. The lowest BCUT2D eigenvalue weighted by Gasteiger charge is -2.32. The Morgan fingerprint density at radius 1 is 1.06 bits per heavy atom. The highest BCUT2D eigenvalue weighted by atomic mass is 16.1. The number of hydrogen-bond donors (Lipinski definition) is 0. The van der Waals surface area contributed by atoms with Crippen molar-refractivity contribution in [3.8, 4) is 11.1 Å². The summed E-state index contributed by atoms with van der Waals surface area (Å²) in [5.41, 5.74) is 10.5. The van der Waals surface area contributed by atoms with Crippen LogP contribution in [0.1, 0.15) is 70.9 Å². The van der Waals surface area contributed by atoms with Crippen LogP contribution < -0.4 is 0 Å². The number of aromatic nitrogens is 1. The molecule has 2 aromatic carbocycles. The van der Waals surface area contributed by atoms with E-state index >= 15 is 0 Å². The number of pyridine rings is 1. The Morgan fingerprint density at radius 3 is 2.44 bits per heavy atom. The molecule has 0 saturated carbocycles. The number of Topliss-reactive ketones (excluding diaryl/α,β-unsaturated/α-hetero) is 1. The molecule has 1 aliphatic rings. The second-order valence-electron chi connectivity index (χ2n) is 10.0. The Bertz CT molecular complexity index is 1280. The maximum Gasteiger partial charge on any atom is 0.159 e. The van der Waals surface area contributed by atoms with E-state index in [1.54, 1.807) is 6.92 Å². The van der Waals surface area contributed by atoms with Gasteiger partial charge >= 0.3 is 0 Å². The van der Waals surface area contributed by atoms with E-state index in [-0.39, 0.29) is 5.78 Å². The zero-order valence-corrected chi connectivity index (χ0v) is 22.2. The number of benzene rings is 2. The summed E-state index contributed by atoms with van der Waals surface area (Å²) in [5.74, 6) is 0.698. The fourth-order valence-electron chi connectivity index (χ4n) is 5.16. The zero-order chi connectivity index (χ0) is 25.7. The molecule has 0 radical (unpaired) electrons. The van der Waals surface area contributed by atoms with Gasteiger partial charge < -0.3 is 0 Å². The van der Waals surface area contributed by atoms with Gasteiger partial charge in [-0.05, 0) is 99.5 Å². The molecule has 0 bridgehead atoms. The van der Waals surface area contributed by atoms with Crippen LogP contribution in [0.25, 0.3) is 17.2 Å². The Balaban J connectivity index is 1.46. The molecule has 1 aliphatic heterocycles. The van der Waals surface area contributed by atoms with Gasteiger partial charge in [-0.3, -0.25) is 19.7 Å². The topological polar surface area (TPSA) is 45.6 Å². The largest absolute Gasteiger partial charge is 0.299 e. The minimum absolute atomic E-state index is 0.128. The normalized spacial score (nSPS) is 15.5. The first-order valence-electron chi connectivity index (χ1n) is 12.8. The third-order valence-electron chi connectivity index (χ3n) is 7.29. The van der Waals surface area contributed by atoms with Gasteiger partial charge in [0.15, 0.2) is 5.78 Å². The number of aliphatic imine (C=N–C) groups is 1. The lowest BCUT2D eigenvalue weighted by atomic mass is 9.88. The van der Waals surface area contributed by atoms with E-state index in [9.17, 15) is 4.79 Å². The number of aryl methyl sites for hydroxylation is 2. The SMILES string of the molecule is CN=Cc1cc(-c2ccnc(C)c2/C=C(\C)CN2CCC(c3ccc(C(C)=O)cc3)CC2)ccc1C. The van der Waals surface area contributed by atoms with Crippen molar-refractivity contribution in [1.82, 2.24) is 9.88 Å². The summed E-state index contributed by atoms with van der Waals surface area (Å²) in [7, 11) is 1.81. The van der Waals surface area contributed by atoms with Crippen molar-refractivity contribution >= 4 is 18.1 Å². The van der Waals surface area contributed by atoms with E-state index in [2.05, 4.69) is 78.1 Å². The molecule has 0 spiro atoms. The minimum atomic E-state index is 0.128. The van der Waals surface area contributed by atoms with Crippen molar-refractivity contribution in [1.29, 1.82) is 0 Å². The Labute approximate surface area is 215 Å². The fourth-order valence-corrected chi connectivity index (χ4v) is 5.16. The van der Waals surface area contributed by atoms with E-state index in [1.807, 2.05) is 31.6 Å². The molecule has 3 aromatic rings. The summed E-state index contributed by atoms with van der Waals surface area (Å²) in [6.45, 7) is 11.2. The first-order valence-corrected chi connectivity index (χ1v) is 12.8. The number of nitrogens with zero attached hydrogens (tertiary/aromatic N) is 3. The van der Waals surface area contributed by atoms with Crippen molar-refractivity contribution in [3.05, 3.63) is 93.8 Å². The second kappa shape index (κ2) is 11.6. The van der Waals surface area contributed by atoms with E-state index in [0.29, 0.717) is 5.92 Å². The summed E-state index contributed by atoms with van der Waals surface area (Å²) in [6.07, 6.45) is 8.44. The van der Waals surface area contributed by atoms with Crippen molar-refractivity contribution in [2.24, 2.45) is 4.99 Å². The van der Waals surface area contributed by atoms with Crippen molar-refractivity contribution in [2.45, 2.75) is 46.5 Å². The molecule has 0 amide bonds. The van der Waals surface area contributed by atoms with E-state index in [1.165, 1.54) is 33.4 Å². The van der Waals surface area contributed by atoms with Crippen LogP contribution >= 0.6 is 0 Å². The third-order valence-corrected chi connectivity index (χ3v) is 7.29. The van der Waals surface area contributed by atoms with Gasteiger partial charge in [-0.15, -0.1) is 0 Å². The van der Waals surface area contributed by atoms with E-state index in [0.717, 1.165) is 49.3 Å². The molecular formula is C32H37N3O. The van der Waals surface area contributed by atoms with Crippen LogP contribution in [0.4, 0.5) is 0 Å². The van der Waals surface area contributed by atoms with Crippen LogP contribution in [-0.2, 0) is 0 Å². The highest BCUT2D eigenvalue weighted by Crippen LogP contribution is 2.31. The predicted molar refractivity (Wildman–Crippen MR) is 151 cm³/mol. The molecule has 0 aliphatic carbocycles. The molecule has 0 atom stereocenters.